The topological polar surface area (TPSA) is 12.9 Å². The minimum atomic E-state index is 1.02. The van der Waals surface area contributed by atoms with E-state index in [4.69, 9.17) is 0 Å². The number of hydrogen-bond donors (Lipinski definition) is 0. The van der Waals surface area contributed by atoms with Crippen molar-refractivity contribution >= 4 is 5.57 Å². The lowest BCUT2D eigenvalue weighted by atomic mass is 10.1. The van der Waals surface area contributed by atoms with Crippen LogP contribution in [-0.2, 0) is 0 Å². The zero-order valence-corrected chi connectivity index (χ0v) is 10.3. The van der Waals surface area contributed by atoms with Gasteiger partial charge in [-0.05, 0) is 38.0 Å². The molecule has 0 N–H and O–H groups in total. The van der Waals surface area contributed by atoms with Gasteiger partial charge in [-0.2, -0.15) is 0 Å². The standard InChI is InChI=1S/C15H19N/c1-4-8-13(3)10-11-14(5-2)15-9-6-7-12-16-15/h5-12H,4H2,1-3H3/b11-10-,13-8+,14-5+. The molecule has 0 aromatic carbocycles. The molecule has 0 spiro atoms. The smallest absolute Gasteiger partial charge is 0.0698 e. The van der Waals surface area contributed by atoms with Crippen LogP contribution < -0.4 is 0 Å². The maximum absolute atomic E-state index is 4.33. The summed E-state index contributed by atoms with van der Waals surface area (Å²) in [5.41, 5.74) is 3.47. The van der Waals surface area contributed by atoms with Crippen LogP contribution in [0.1, 0.15) is 32.9 Å². The second-order valence-corrected chi connectivity index (χ2v) is 3.65. The van der Waals surface area contributed by atoms with Gasteiger partial charge in [0.15, 0.2) is 0 Å². The molecule has 1 aromatic rings. The first-order chi connectivity index (χ1) is 7.77. The Morgan fingerprint density at radius 2 is 2.12 bits per heavy atom. The van der Waals surface area contributed by atoms with Crippen LogP contribution in [0.4, 0.5) is 0 Å². The summed E-state index contributed by atoms with van der Waals surface area (Å²) in [6.07, 6.45) is 11.4. The first-order valence-electron chi connectivity index (χ1n) is 5.70. The second-order valence-electron chi connectivity index (χ2n) is 3.65. The fraction of sp³-hybridized carbons (Fsp3) is 0.267. The van der Waals surface area contributed by atoms with E-state index < -0.39 is 0 Å². The molecule has 84 valence electrons. The molecule has 1 aromatic heterocycles. The molecule has 0 aliphatic heterocycles. The van der Waals surface area contributed by atoms with Crippen molar-refractivity contribution in [3.8, 4) is 0 Å². The van der Waals surface area contributed by atoms with Gasteiger partial charge in [-0.25, -0.2) is 0 Å². The number of rotatable bonds is 4. The Morgan fingerprint density at radius 3 is 2.69 bits per heavy atom. The molecular formula is C15H19N. The first kappa shape index (κ1) is 12.4. The molecular weight excluding hydrogens is 194 g/mol. The lowest BCUT2D eigenvalue weighted by Crippen LogP contribution is -1.84. The van der Waals surface area contributed by atoms with Gasteiger partial charge in [0.2, 0.25) is 0 Å². The Bertz CT molecular complexity index is 397. The lowest BCUT2D eigenvalue weighted by Gasteiger charge is -2.00. The van der Waals surface area contributed by atoms with Crippen molar-refractivity contribution in [1.82, 2.24) is 4.98 Å². The second kappa shape index (κ2) is 6.78. The van der Waals surface area contributed by atoms with Gasteiger partial charge in [0.1, 0.15) is 0 Å². The van der Waals surface area contributed by atoms with Crippen LogP contribution in [0.2, 0.25) is 0 Å². The molecule has 0 saturated heterocycles. The van der Waals surface area contributed by atoms with Gasteiger partial charge in [-0.15, -0.1) is 0 Å². The predicted molar refractivity (Wildman–Crippen MR) is 71.1 cm³/mol. The molecule has 0 aliphatic carbocycles. The highest BCUT2D eigenvalue weighted by atomic mass is 14.7. The van der Waals surface area contributed by atoms with Crippen LogP contribution in [0, 0.1) is 0 Å². The number of hydrogen-bond acceptors (Lipinski definition) is 1. The normalized spacial score (nSPS) is 13.4. The highest BCUT2D eigenvalue weighted by Gasteiger charge is 1.95. The highest BCUT2D eigenvalue weighted by molar-refractivity contribution is 5.71. The van der Waals surface area contributed by atoms with Gasteiger partial charge in [-0.1, -0.05) is 42.9 Å². The molecule has 1 heteroatoms. The Labute approximate surface area is 98.2 Å². The molecule has 0 amide bonds. The van der Waals surface area contributed by atoms with Crippen molar-refractivity contribution in [2.45, 2.75) is 27.2 Å². The molecule has 1 rings (SSSR count). The van der Waals surface area contributed by atoms with E-state index in [-0.39, 0.29) is 0 Å². The van der Waals surface area contributed by atoms with Gasteiger partial charge >= 0.3 is 0 Å². The monoisotopic (exact) mass is 213 g/mol. The Hall–Kier alpha value is -1.63. The molecule has 0 saturated carbocycles. The van der Waals surface area contributed by atoms with E-state index in [0.29, 0.717) is 0 Å². The minimum absolute atomic E-state index is 1.02. The Balaban J connectivity index is 2.83. The summed E-state index contributed by atoms with van der Waals surface area (Å²) < 4.78 is 0. The van der Waals surface area contributed by atoms with E-state index in [0.717, 1.165) is 17.7 Å². The average molecular weight is 213 g/mol. The summed E-state index contributed by atoms with van der Waals surface area (Å²) in [4.78, 5) is 4.33. The van der Waals surface area contributed by atoms with Crippen LogP contribution in [0.3, 0.4) is 0 Å². The van der Waals surface area contributed by atoms with Crippen molar-refractivity contribution in [3.63, 3.8) is 0 Å². The van der Waals surface area contributed by atoms with Gasteiger partial charge in [-0.3, -0.25) is 4.98 Å². The number of aromatic nitrogens is 1. The van der Waals surface area contributed by atoms with Crippen LogP contribution in [0.25, 0.3) is 5.57 Å². The number of allylic oxidation sites excluding steroid dienone is 6. The molecule has 0 unspecified atom stereocenters. The van der Waals surface area contributed by atoms with Crippen LogP contribution in [-0.4, -0.2) is 4.98 Å². The third-order valence-corrected chi connectivity index (χ3v) is 2.32. The molecule has 1 heterocycles. The van der Waals surface area contributed by atoms with Gasteiger partial charge in [0, 0.05) is 6.20 Å². The summed E-state index contributed by atoms with van der Waals surface area (Å²) in [5.74, 6) is 0. The highest BCUT2D eigenvalue weighted by Crippen LogP contribution is 2.13. The van der Waals surface area contributed by atoms with Crippen molar-refractivity contribution < 1.29 is 0 Å². The quantitative estimate of drug-likeness (QED) is 0.676. The zero-order chi connectivity index (χ0) is 11.8. The SMILES string of the molecule is C\C=C(/C=C\C(C)=C\CC)c1ccccn1. The summed E-state index contributed by atoms with van der Waals surface area (Å²) in [6.45, 7) is 6.30. The van der Waals surface area contributed by atoms with Gasteiger partial charge in [0.05, 0.1) is 5.69 Å². The van der Waals surface area contributed by atoms with Crippen LogP contribution in [0.15, 0.2) is 54.3 Å². The minimum Gasteiger partial charge on any atom is -0.256 e. The summed E-state index contributed by atoms with van der Waals surface area (Å²) in [7, 11) is 0. The third-order valence-electron chi connectivity index (χ3n) is 2.32. The maximum atomic E-state index is 4.33. The summed E-state index contributed by atoms with van der Waals surface area (Å²) in [5, 5.41) is 0. The Morgan fingerprint density at radius 1 is 1.31 bits per heavy atom. The van der Waals surface area contributed by atoms with E-state index in [9.17, 15) is 0 Å². The van der Waals surface area contributed by atoms with Gasteiger partial charge < -0.3 is 0 Å². The molecule has 0 aliphatic rings. The largest absolute Gasteiger partial charge is 0.256 e. The van der Waals surface area contributed by atoms with Crippen molar-refractivity contribution in [3.05, 3.63) is 60.0 Å². The molecule has 0 bridgehead atoms. The predicted octanol–water partition coefficient (Wildman–Crippen LogP) is 4.40. The number of pyridine rings is 1. The molecule has 0 radical (unpaired) electrons. The van der Waals surface area contributed by atoms with Gasteiger partial charge in [0.25, 0.3) is 0 Å². The molecule has 1 nitrogen and oxygen atoms in total. The number of nitrogens with zero attached hydrogens (tertiary/aromatic N) is 1. The van der Waals surface area contributed by atoms with E-state index in [1.165, 1.54) is 5.57 Å². The van der Waals surface area contributed by atoms with Crippen LogP contribution in [0.5, 0.6) is 0 Å². The zero-order valence-electron chi connectivity index (χ0n) is 10.3. The molecule has 0 fully saturated rings. The van der Waals surface area contributed by atoms with E-state index in [1.54, 1.807) is 0 Å². The Kier molecular flexibility index (Phi) is 5.27. The molecule has 0 atom stereocenters. The fourth-order valence-corrected chi connectivity index (χ4v) is 1.47. The lowest BCUT2D eigenvalue weighted by molar-refractivity contribution is 1.20. The van der Waals surface area contributed by atoms with Crippen LogP contribution >= 0.6 is 0 Å². The van der Waals surface area contributed by atoms with Crippen molar-refractivity contribution in [1.29, 1.82) is 0 Å². The summed E-state index contributed by atoms with van der Waals surface area (Å²) in [6, 6.07) is 5.97. The average Bonchev–Trinajstić information content (AvgIpc) is 2.31. The first-order valence-corrected chi connectivity index (χ1v) is 5.70. The van der Waals surface area contributed by atoms with E-state index >= 15 is 0 Å². The van der Waals surface area contributed by atoms with E-state index in [1.807, 2.05) is 31.3 Å². The summed E-state index contributed by atoms with van der Waals surface area (Å²) >= 11 is 0. The van der Waals surface area contributed by atoms with Crippen molar-refractivity contribution in [2.75, 3.05) is 0 Å². The molecule has 16 heavy (non-hydrogen) atoms. The fourth-order valence-electron chi connectivity index (χ4n) is 1.47. The maximum Gasteiger partial charge on any atom is 0.0698 e. The third kappa shape index (κ3) is 3.85. The van der Waals surface area contributed by atoms with Crippen molar-refractivity contribution in [2.24, 2.45) is 0 Å². The van der Waals surface area contributed by atoms with E-state index in [2.05, 4.69) is 43.1 Å².